The Balaban J connectivity index is 1.88. The van der Waals surface area contributed by atoms with E-state index in [0.717, 1.165) is 0 Å². The number of hydrogen-bond acceptors (Lipinski definition) is 1. The zero-order valence-electron chi connectivity index (χ0n) is 46.7. The molecule has 1 nitrogen and oxygen atoms in total. The van der Waals surface area contributed by atoms with Crippen LogP contribution in [0.4, 0.5) is 0 Å². The van der Waals surface area contributed by atoms with Gasteiger partial charge < -0.3 is 4.42 Å². The van der Waals surface area contributed by atoms with Gasteiger partial charge in [0.1, 0.15) is 11.3 Å². The van der Waals surface area contributed by atoms with Crippen molar-refractivity contribution in [2.75, 3.05) is 0 Å². The van der Waals surface area contributed by atoms with Gasteiger partial charge in [-0.2, -0.15) is 0 Å². The van der Waals surface area contributed by atoms with Gasteiger partial charge in [-0.15, -0.1) is 0 Å². The van der Waals surface area contributed by atoms with E-state index >= 15 is 0 Å². The Kier molecular flexibility index (Phi) is 2.76. The van der Waals surface area contributed by atoms with Crippen LogP contribution in [0.3, 0.4) is 0 Å². The minimum Gasteiger partial charge on any atom is -0.455 e. The molecule has 0 saturated carbocycles. The van der Waals surface area contributed by atoms with Gasteiger partial charge in [0.05, 0.1) is 35.6 Å². The van der Waals surface area contributed by atoms with Gasteiger partial charge in [-0.25, -0.2) is 0 Å². The molecule has 0 atom stereocenters. The van der Waals surface area contributed by atoms with E-state index in [1.165, 1.54) is 0 Å². The fraction of sp³-hybridized carbons (Fsp3) is 0. The molecular weight excluding hydrogens is 496 g/mol. The smallest absolute Gasteiger partial charge is 0.143 e. The molecule has 1 heteroatoms. The first-order chi connectivity index (χ1) is 31.2. The molecule has 0 radical (unpaired) electrons. The third-order valence-electron chi connectivity index (χ3n) is 5.59. The van der Waals surface area contributed by atoms with Crippen LogP contribution in [0.25, 0.3) is 55.3 Å². The second kappa shape index (κ2) is 11.8. The quantitative estimate of drug-likeness (QED) is 0.187. The molecule has 0 aliphatic heterocycles. The molecule has 0 amide bonds. The average Bonchev–Trinajstić information content (AvgIpc) is 3.68. The van der Waals surface area contributed by atoms with Crippen LogP contribution in [-0.4, -0.2) is 0 Å². The maximum Gasteiger partial charge on any atom is 0.143 e. The lowest BCUT2D eigenvalue weighted by atomic mass is 9.94. The van der Waals surface area contributed by atoms with E-state index in [0.29, 0.717) is 25.2 Å². The Hall–Kier alpha value is -5.40. The molecule has 0 bridgehead atoms. The Morgan fingerprint density at radius 3 is 1.88 bits per heavy atom. The van der Waals surface area contributed by atoms with E-state index in [-0.39, 0.29) is 0 Å². The van der Waals surface area contributed by atoms with Crippen LogP contribution in [-0.2, 0) is 0 Å². The van der Waals surface area contributed by atoms with Crippen molar-refractivity contribution in [2.24, 2.45) is 0 Å². The monoisotopic (exact) mass is 552 g/mol. The summed E-state index contributed by atoms with van der Waals surface area (Å²) in [6.45, 7) is 0.768. The number of benzene rings is 4. The van der Waals surface area contributed by atoms with E-state index in [4.69, 9.17) is 37.3 Å². The topological polar surface area (TPSA) is 13.1 Å². The van der Waals surface area contributed by atoms with Crippen molar-refractivity contribution in [1.82, 2.24) is 0 Å². The third kappa shape index (κ3) is 5.39. The number of rotatable bonds is 6. The predicted molar refractivity (Wildman–Crippen MR) is 176 cm³/mol. The van der Waals surface area contributed by atoms with Gasteiger partial charge in [-0.05, 0) is 44.7 Å². The van der Waals surface area contributed by atoms with Gasteiger partial charge in [0.25, 0.3) is 0 Å². The van der Waals surface area contributed by atoms with Crippen molar-refractivity contribution >= 4 is 32.9 Å². The molecule has 0 N–H and O–H groups in total. The molecule has 196 valence electrons. The first-order valence-electron chi connectivity index (χ1n) is 24.8. The molecule has 5 aromatic carbocycles. The van der Waals surface area contributed by atoms with Crippen molar-refractivity contribution in [3.63, 3.8) is 0 Å². The highest BCUT2D eigenvalue weighted by Crippen LogP contribution is 2.38. The van der Waals surface area contributed by atoms with Crippen LogP contribution >= 0.6 is 0 Å². The lowest BCUT2D eigenvalue weighted by Gasteiger charge is -2.09. The van der Waals surface area contributed by atoms with Crippen LogP contribution in [0.1, 0.15) is 46.8 Å². The van der Waals surface area contributed by atoms with Crippen LogP contribution in [0.2, 0.25) is 0 Å². The first-order valence-corrected chi connectivity index (χ1v) is 11.6. The predicted octanol–water partition coefficient (Wildman–Crippen LogP) is 11.3. The molecule has 0 spiro atoms. The number of allylic oxidation sites excluding steroid dienone is 4. The second-order valence-corrected chi connectivity index (χ2v) is 7.99. The van der Waals surface area contributed by atoms with Gasteiger partial charge >= 0.3 is 0 Å². The Morgan fingerprint density at radius 1 is 0.585 bits per heavy atom. The Bertz CT molecular complexity index is 3300. The van der Waals surface area contributed by atoms with Gasteiger partial charge in [0.15, 0.2) is 0 Å². The fourth-order valence-corrected chi connectivity index (χ4v) is 3.83. The lowest BCUT2D eigenvalue weighted by molar-refractivity contribution is 0.630. The molecule has 6 rings (SSSR count). The summed E-state index contributed by atoms with van der Waals surface area (Å²) in [7, 11) is 0. The molecule has 41 heavy (non-hydrogen) atoms. The fourth-order valence-electron chi connectivity index (χ4n) is 3.83. The largest absolute Gasteiger partial charge is 0.455 e. The molecule has 1 aromatic heterocycles. The van der Waals surface area contributed by atoms with Crippen molar-refractivity contribution in [2.45, 2.75) is 0 Å². The normalized spacial score (nSPS) is 21.5. The summed E-state index contributed by atoms with van der Waals surface area (Å²) in [6, 6.07) is -21.2. The molecule has 6 aromatic rings. The summed E-state index contributed by atoms with van der Waals surface area (Å²) < 4.78 is 231. The van der Waals surface area contributed by atoms with Crippen molar-refractivity contribution in [1.29, 1.82) is 0 Å². The molecule has 0 saturated heterocycles. The highest BCUT2D eigenvalue weighted by atomic mass is 16.3. The van der Waals surface area contributed by atoms with Crippen LogP contribution in [0.5, 0.6) is 0 Å². The van der Waals surface area contributed by atoms with Crippen LogP contribution in [0.15, 0.2) is 175 Å². The second-order valence-electron chi connectivity index (χ2n) is 7.99. The summed E-state index contributed by atoms with van der Waals surface area (Å²) in [6.07, 6.45) is 0. The SMILES string of the molecule is [2H]C=C(/C([2H])=C(/[2H])C(=C[2H])c1cc([2H])c([2H])c([2H])c([2H])cc(-c2c([2H])c([2H])c([2H])c([2H])c2[2H])c2c([2H])c([2H])c([2H])c([2H])c12)c1c(-c2c([2H])c([2H])c([2H])c([2H])c2[2H])oc2c([2H])c([2H])c([2H])c([2H])c12. The molecule has 0 fully saturated rings. The van der Waals surface area contributed by atoms with Crippen molar-refractivity contribution in [3.8, 4) is 22.5 Å². The van der Waals surface area contributed by atoms with E-state index in [2.05, 4.69) is 0 Å². The molecule has 0 aliphatic rings. The zero-order chi connectivity index (χ0) is 50.3. The third-order valence-corrected chi connectivity index (χ3v) is 5.59. The van der Waals surface area contributed by atoms with Crippen molar-refractivity contribution < 1.29 is 40.1 Å². The molecule has 0 aliphatic carbocycles. The number of furan rings is 1. The highest BCUT2D eigenvalue weighted by molar-refractivity contribution is 6.03. The zero-order valence-corrected chi connectivity index (χ0v) is 20.7. The molecule has 0 unspecified atom stereocenters. The van der Waals surface area contributed by atoms with Crippen molar-refractivity contribution in [3.05, 3.63) is 181 Å². The average molecular weight is 553 g/mol. The van der Waals surface area contributed by atoms with E-state index in [1.807, 2.05) is 0 Å². The van der Waals surface area contributed by atoms with Gasteiger partial charge in [0.2, 0.25) is 0 Å². The van der Waals surface area contributed by atoms with Crippen LogP contribution in [0, 0.1) is 0 Å². The first kappa shape index (κ1) is 9.61. The number of para-hydroxylation sites is 1. The minimum atomic E-state index is -1.16. The Morgan fingerprint density at radius 2 is 1.15 bits per heavy atom. The summed E-state index contributed by atoms with van der Waals surface area (Å²) in [4.78, 5) is 0. The number of hydrogen-bond donors (Lipinski definition) is 0. The van der Waals surface area contributed by atoms with Gasteiger partial charge in [-0.3, -0.25) is 0 Å². The van der Waals surface area contributed by atoms with Gasteiger partial charge in [-0.1, -0.05) is 164 Å². The summed E-state index contributed by atoms with van der Waals surface area (Å²) in [5.41, 5.74) is -5.90. The molecular formula is C40H30O. The van der Waals surface area contributed by atoms with E-state index in [9.17, 15) is 2.74 Å². The Labute approximate surface area is 277 Å². The van der Waals surface area contributed by atoms with Crippen LogP contribution < -0.4 is 0 Å². The maximum atomic E-state index is 9.44. The standard InChI is InChI=1S/C40H30O/c1-29(27-28-30(2)39-37-25-15-16-26-38(37)41-40(39)32-19-9-6-10-20-32)33-21-11-3-4-12-22-34(31-17-7-5-8-18-31)36-24-14-13-23-35(33)36/h3-28H,1-2H2/b4-3?,11-3?,12-4?,21-11?,22-12?,28-27-,33-21?,34-22?,35-33?,36-34?/i1D,2D,3D,4D,5D,6D,7D,8D,9D,10D,11D,12D,13D,14D,15D,16D,17D,18D,19D,20D,23D,24D,25D,26D,27D,28D/b4-3?,11-3?,12-4?,21-11?,22-12?,28-27-,29-1?,30-2?,33-21?,34-22?,35-33?,36-34?. The summed E-state index contributed by atoms with van der Waals surface area (Å²) >= 11 is 0. The summed E-state index contributed by atoms with van der Waals surface area (Å²) in [5, 5.41) is -2.09. The molecule has 1 heterocycles. The number of fused-ring (bicyclic) bond motifs is 2. The minimum absolute atomic E-state index is 0.370. The maximum absolute atomic E-state index is 9.44. The summed E-state index contributed by atoms with van der Waals surface area (Å²) in [5.74, 6) is -0.770. The highest BCUT2D eigenvalue weighted by Gasteiger charge is 2.17. The lowest BCUT2D eigenvalue weighted by Crippen LogP contribution is -1.85. The van der Waals surface area contributed by atoms with E-state index in [1.54, 1.807) is 0 Å². The van der Waals surface area contributed by atoms with E-state index < -0.39 is 212 Å². The van der Waals surface area contributed by atoms with Gasteiger partial charge in [0, 0.05) is 16.5 Å².